The highest BCUT2D eigenvalue weighted by atomic mass is 32.1. The third-order valence-electron chi connectivity index (χ3n) is 2.20. The van der Waals surface area contributed by atoms with Crippen LogP contribution in [-0.2, 0) is 0 Å². The van der Waals surface area contributed by atoms with Crippen molar-refractivity contribution in [1.82, 2.24) is 0 Å². The summed E-state index contributed by atoms with van der Waals surface area (Å²) in [6.07, 6.45) is 0. The van der Waals surface area contributed by atoms with E-state index in [-0.39, 0.29) is 5.82 Å². The van der Waals surface area contributed by atoms with Gasteiger partial charge in [0, 0.05) is 0 Å². The van der Waals surface area contributed by atoms with Crippen molar-refractivity contribution >= 4 is 21.4 Å². The highest BCUT2D eigenvalue weighted by Crippen LogP contribution is 2.32. The normalized spacial score (nSPS) is 11.4. The van der Waals surface area contributed by atoms with E-state index in [1.165, 1.54) is 23.0 Å². The highest BCUT2D eigenvalue weighted by molar-refractivity contribution is 7.17. The van der Waals surface area contributed by atoms with Gasteiger partial charge in [-0.1, -0.05) is 26.0 Å². The van der Waals surface area contributed by atoms with Crippen LogP contribution in [-0.4, -0.2) is 0 Å². The molecular formula is C11H11FS. The van der Waals surface area contributed by atoms with Gasteiger partial charge in [0.25, 0.3) is 0 Å². The summed E-state index contributed by atoms with van der Waals surface area (Å²) in [5, 5.41) is 3.12. The van der Waals surface area contributed by atoms with E-state index in [9.17, 15) is 4.39 Å². The van der Waals surface area contributed by atoms with Gasteiger partial charge in [0.15, 0.2) is 0 Å². The van der Waals surface area contributed by atoms with Crippen LogP contribution in [0.3, 0.4) is 0 Å². The van der Waals surface area contributed by atoms with Gasteiger partial charge in [-0.25, -0.2) is 4.39 Å². The quantitative estimate of drug-likeness (QED) is 0.639. The number of rotatable bonds is 1. The van der Waals surface area contributed by atoms with Crippen molar-refractivity contribution in [2.75, 3.05) is 0 Å². The Bertz CT molecular complexity index is 429. The van der Waals surface area contributed by atoms with E-state index in [0.29, 0.717) is 5.92 Å². The molecule has 0 unspecified atom stereocenters. The number of hydrogen-bond acceptors (Lipinski definition) is 1. The molecule has 2 rings (SSSR count). The summed E-state index contributed by atoms with van der Waals surface area (Å²) in [4.78, 5) is 0. The standard InChI is InChI=1S/C11H11FS/c1-7(2)9-6-13-11-8(9)4-3-5-10(11)12/h3-7H,1-2H3. The maximum atomic E-state index is 13.3. The Morgan fingerprint density at radius 2 is 2.08 bits per heavy atom. The Balaban J connectivity index is 2.75. The van der Waals surface area contributed by atoms with E-state index in [2.05, 4.69) is 19.2 Å². The summed E-state index contributed by atoms with van der Waals surface area (Å²) >= 11 is 1.49. The first kappa shape index (κ1) is 8.70. The molecule has 0 aliphatic rings. The number of thiophene rings is 1. The number of benzene rings is 1. The Labute approximate surface area is 81.0 Å². The fourth-order valence-electron chi connectivity index (χ4n) is 1.49. The summed E-state index contributed by atoms with van der Waals surface area (Å²) in [7, 11) is 0. The predicted molar refractivity (Wildman–Crippen MR) is 55.9 cm³/mol. The van der Waals surface area contributed by atoms with E-state index < -0.39 is 0 Å². The van der Waals surface area contributed by atoms with Crippen molar-refractivity contribution < 1.29 is 4.39 Å². The summed E-state index contributed by atoms with van der Waals surface area (Å²) in [5.74, 6) is 0.366. The molecule has 0 N–H and O–H groups in total. The lowest BCUT2D eigenvalue weighted by Crippen LogP contribution is -1.83. The molecule has 0 nitrogen and oxygen atoms in total. The topological polar surface area (TPSA) is 0 Å². The summed E-state index contributed by atoms with van der Waals surface area (Å²) < 4.78 is 14.1. The van der Waals surface area contributed by atoms with Crippen molar-refractivity contribution in [3.63, 3.8) is 0 Å². The van der Waals surface area contributed by atoms with Gasteiger partial charge in [-0.05, 0) is 28.3 Å². The maximum absolute atomic E-state index is 13.3. The number of hydrogen-bond donors (Lipinski definition) is 0. The fraction of sp³-hybridized carbons (Fsp3) is 0.273. The lowest BCUT2D eigenvalue weighted by molar-refractivity contribution is 0.641. The third kappa shape index (κ3) is 1.35. The van der Waals surface area contributed by atoms with Gasteiger partial charge in [0.1, 0.15) is 5.82 Å². The SMILES string of the molecule is CC(C)c1csc2c(F)cccc12. The summed E-state index contributed by atoms with van der Waals surface area (Å²) in [5.41, 5.74) is 1.25. The molecule has 0 saturated carbocycles. The molecule has 0 spiro atoms. The first-order valence-corrected chi connectivity index (χ1v) is 5.23. The molecule has 0 amide bonds. The molecular weight excluding hydrogens is 183 g/mol. The molecule has 0 bridgehead atoms. The Hall–Kier alpha value is -0.890. The van der Waals surface area contributed by atoms with Gasteiger partial charge < -0.3 is 0 Å². The lowest BCUT2D eigenvalue weighted by atomic mass is 10.0. The largest absolute Gasteiger partial charge is 0.205 e. The highest BCUT2D eigenvalue weighted by Gasteiger charge is 2.09. The third-order valence-corrected chi connectivity index (χ3v) is 3.23. The minimum Gasteiger partial charge on any atom is -0.205 e. The second-order valence-corrected chi connectivity index (χ2v) is 4.34. The van der Waals surface area contributed by atoms with E-state index in [0.717, 1.165) is 10.1 Å². The van der Waals surface area contributed by atoms with Crippen LogP contribution in [0.25, 0.3) is 10.1 Å². The molecule has 1 heterocycles. The van der Waals surface area contributed by atoms with Crippen LogP contribution in [0.1, 0.15) is 25.3 Å². The molecule has 13 heavy (non-hydrogen) atoms. The smallest absolute Gasteiger partial charge is 0.140 e. The maximum Gasteiger partial charge on any atom is 0.140 e. The zero-order valence-electron chi connectivity index (χ0n) is 7.67. The molecule has 0 fully saturated rings. The van der Waals surface area contributed by atoms with Crippen LogP contribution in [0.15, 0.2) is 23.6 Å². The Kier molecular flexibility index (Phi) is 2.08. The van der Waals surface area contributed by atoms with E-state index in [4.69, 9.17) is 0 Å². The molecule has 2 aromatic rings. The monoisotopic (exact) mass is 194 g/mol. The minimum absolute atomic E-state index is 0.102. The van der Waals surface area contributed by atoms with E-state index in [1.54, 1.807) is 6.07 Å². The average molecular weight is 194 g/mol. The van der Waals surface area contributed by atoms with Gasteiger partial charge in [-0.15, -0.1) is 11.3 Å². The van der Waals surface area contributed by atoms with Crippen molar-refractivity contribution in [2.45, 2.75) is 19.8 Å². The molecule has 0 aliphatic carbocycles. The van der Waals surface area contributed by atoms with Crippen LogP contribution in [0.5, 0.6) is 0 Å². The molecule has 0 atom stereocenters. The van der Waals surface area contributed by atoms with Gasteiger partial charge in [0.05, 0.1) is 4.70 Å². The average Bonchev–Trinajstić information content (AvgIpc) is 2.48. The van der Waals surface area contributed by atoms with Crippen LogP contribution < -0.4 is 0 Å². The van der Waals surface area contributed by atoms with Crippen LogP contribution >= 0.6 is 11.3 Å². The first-order valence-electron chi connectivity index (χ1n) is 4.35. The van der Waals surface area contributed by atoms with Crippen LogP contribution in [0, 0.1) is 5.82 Å². The first-order chi connectivity index (χ1) is 6.20. The predicted octanol–water partition coefficient (Wildman–Crippen LogP) is 4.16. The zero-order valence-corrected chi connectivity index (χ0v) is 8.49. The summed E-state index contributed by atoms with van der Waals surface area (Å²) in [6.45, 7) is 4.26. The molecule has 1 aromatic heterocycles. The number of fused-ring (bicyclic) bond motifs is 1. The van der Waals surface area contributed by atoms with Crippen LogP contribution in [0.4, 0.5) is 4.39 Å². The van der Waals surface area contributed by atoms with Gasteiger partial charge in [0.2, 0.25) is 0 Å². The van der Waals surface area contributed by atoms with Gasteiger partial charge in [-0.3, -0.25) is 0 Å². The van der Waals surface area contributed by atoms with Crippen molar-refractivity contribution in [3.8, 4) is 0 Å². The Morgan fingerprint density at radius 1 is 1.31 bits per heavy atom. The number of halogens is 1. The molecule has 2 heteroatoms. The second kappa shape index (κ2) is 3.11. The second-order valence-electron chi connectivity index (χ2n) is 3.46. The molecule has 0 radical (unpaired) electrons. The summed E-state index contributed by atoms with van der Waals surface area (Å²) in [6, 6.07) is 5.28. The van der Waals surface area contributed by atoms with Crippen LogP contribution in [0.2, 0.25) is 0 Å². The molecule has 0 aliphatic heterocycles. The zero-order chi connectivity index (χ0) is 9.42. The van der Waals surface area contributed by atoms with Gasteiger partial charge >= 0.3 is 0 Å². The van der Waals surface area contributed by atoms with Crippen molar-refractivity contribution in [3.05, 3.63) is 35.0 Å². The van der Waals surface area contributed by atoms with Crippen molar-refractivity contribution in [2.24, 2.45) is 0 Å². The minimum atomic E-state index is -0.102. The molecule has 1 aromatic carbocycles. The van der Waals surface area contributed by atoms with Crippen molar-refractivity contribution in [1.29, 1.82) is 0 Å². The fourth-order valence-corrected chi connectivity index (χ4v) is 2.63. The molecule has 68 valence electrons. The Morgan fingerprint density at radius 3 is 2.77 bits per heavy atom. The molecule has 0 saturated heterocycles. The van der Waals surface area contributed by atoms with E-state index >= 15 is 0 Å². The van der Waals surface area contributed by atoms with E-state index in [1.807, 2.05) is 6.07 Å². The van der Waals surface area contributed by atoms with Gasteiger partial charge in [-0.2, -0.15) is 0 Å². The lowest BCUT2D eigenvalue weighted by Gasteiger charge is -2.01.